The normalized spacial score (nSPS) is 37.9. The molecule has 0 aromatic carbocycles. The molecule has 106 valence electrons. The molecule has 0 fully saturated rings. The summed E-state index contributed by atoms with van der Waals surface area (Å²) in [5.74, 6) is 0.529. The van der Waals surface area contributed by atoms with Crippen LogP contribution >= 0.6 is 0 Å². The van der Waals surface area contributed by atoms with Crippen molar-refractivity contribution in [2.75, 3.05) is 13.7 Å². The van der Waals surface area contributed by atoms with E-state index in [-0.39, 0.29) is 12.6 Å². The lowest BCUT2D eigenvalue weighted by atomic mass is 9.61. The van der Waals surface area contributed by atoms with Crippen LogP contribution in [0.15, 0.2) is 23.5 Å². The monoisotopic (exact) mass is 266 g/mol. The number of rotatable bonds is 3. The van der Waals surface area contributed by atoms with E-state index in [4.69, 9.17) is 9.47 Å². The van der Waals surface area contributed by atoms with Crippen molar-refractivity contribution in [2.45, 2.75) is 39.2 Å². The van der Waals surface area contributed by atoms with Crippen molar-refractivity contribution in [3.63, 3.8) is 0 Å². The zero-order valence-corrected chi connectivity index (χ0v) is 12.0. The van der Waals surface area contributed by atoms with Crippen molar-refractivity contribution < 1.29 is 19.4 Å². The van der Waals surface area contributed by atoms with E-state index in [0.29, 0.717) is 24.5 Å². The smallest absolute Gasteiger partial charge is 0.335 e. The summed E-state index contributed by atoms with van der Waals surface area (Å²) in [5, 5.41) is 9.37. The number of carbonyl (C=O) groups excluding carboxylic acids is 1. The number of aliphatic hydroxyl groups excluding tert-OH is 1. The predicted molar refractivity (Wildman–Crippen MR) is 71.3 cm³/mol. The highest BCUT2D eigenvalue weighted by Crippen LogP contribution is 2.54. The molecule has 19 heavy (non-hydrogen) atoms. The lowest BCUT2D eigenvalue weighted by Crippen LogP contribution is -2.52. The minimum Gasteiger partial charge on any atom is -0.497 e. The molecule has 1 N–H and O–H groups in total. The molecule has 1 spiro atoms. The second kappa shape index (κ2) is 4.67. The summed E-state index contributed by atoms with van der Waals surface area (Å²) >= 11 is 0. The van der Waals surface area contributed by atoms with Crippen LogP contribution in [0.3, 0.4) is 0 Å². The second-order valence-corrected chi connectivity index (χ2v) is 5.85. The van der Waals surface area contributed by atoms with E-state index in [1.54, 1.807) is 7.11 Å². The average molecular weight is 266 g/mol. The first-order valence-electron chi connectivity index (χ1n) is 6.68. The number of ether oxygens (including phenoxy) is 2. The van der Waals surface area contributed by atoms with Crippen LogP contribution in [0.25, 0.3) is 0 Å². The minimum atomic E-state index is -0.777. The first-order chi connectivity index (χ1) is 8.88. The highest BCUT2D eigenvalue weighted by atomic mass is 16.6. The molecule has 0 saturated heterocycles. The fourth-order valence-corrected chi connectivity index (χ4v) is 3.33. The highest BCUT2D eigenvalue weighted by molar-refractivity contribution is 5.86. The van der Waals surface area contributed by atoms with Crippen molar-refractivity contribution in [1.29, 1.82) is 0 Å². The molecule has 4 heteroatoms. The third kappa shape index (κ3) is 1.98. The third-order valence-electron chi connectivity index (χ3n) is 4.61. The number of hydrogen-bond donors (Lipinski definition) is 1. The van der Waals surface area contributed by atoms with Crippen LogP contribution in [0.1, 0.15) is 33.6 Å². The molecule has 0 radical (unpaired) electrons. The van der Waals surface area contributed by atoms with Gasteiger partial charge in [-0.25, -0.2) is 4.79 Å². The fraction of sp³-hybridized carbons (Fsp3) is 0.667. The maximum Gasteiger partial charge on any atom is 0.335 e. The number of methoxy groups -OCH3 is 1. The molecule has 2 rings (SSSR count). The number of allylic oxidation sites excluding steroid dienone is 1. The lowest BCUT2D eigenvalue weighted by molar-refractivity contribution is -0.162. The Morgan fingerprint density at radius 3 is 2.84 bits per heavy atom. The van der Waals surface area contributed by atoms with Crippen LogP contribution in [-0.4, -0.2) is 30.4 Å². The highest BCUT2D eigenvalue weighted by Gasteiger charge is 2.59. The van der Waals surface area contributed by atoms with Gasteiger partial charge >= 0.3 is 5.97 Å². The summed E-state index contributed by atoms with van der Waals surface area (Å²) in [4.78, 5) is 11.7. The number of esters is 1. The maximum absolute atomic E-state index is 11.7. The topological polar surface area (TPSA) is 55.8 Å². The van der Waals surface area contributed by atoms with Crippen molar-refractivity contribution >= 4 is 5.97 Å². The molecule has 3 atom stereocenters. The van der Waals surface area contributed by atoms with Gasteiger partial charge in [0.05, 0.1) is 13.2 Å². The molecule has 0 aromatic rings. The van der Waals surface area contributed by atoms with Gasteiger partial charge in [0.15, 0.2) is 5.60 Å². The van der Waals surface area contributed by atoms with E-state index in [1.165, 1.54) is 11.6 Å². The quantitative estimate of drug-likeness (QED) is 0.628. The van der Waals surface area contributed by atoms with Crippen LogP contribution in [0.5, 0.6) is 0 Å². The molecule has 0 bridgehead atoms. The minimum absolute atomic E-state index is 0.0466. The zero-order chi connectivity index (χ0) is 14.3. The van der Waals surface area contributed by atoms with Gasteiger partial charge in [0, 0.05) is 18.4 Å². The van der Waals surface area contributed by atoms with Crippen LogP contribution in [0, 0.1) is 11.3 Å². The van der Waals surface area contributed by atoms with Crippen LogP contribution in [0.2, 0.25) is 0 Å². The number of carbonyl (C=O) groups is 1. The van der Waals surface area contributed by atoms with Crippen LogP contribution < -0.4 is 0 Å². The summed E-state index contributed by atoms with van der Waals surface area (Å²) in [7, 11) is 1.56. The summed E-state index contributed by atoms with van der Waals surface area (Å²) in [6.07, 6.45) is 4.78. The van der Waals surface area contributed by atoms with E-state index in [9.17, 15) is 9.90 Å². The van der Waals surface area contributed by atoms with Crippen LogP contribution in [-0.2, 0) is 14.3 Å². The first kappa shape index (κ1) is 14.1. The molecule has 0 aromatic heterocycles. The van der Waals surface area contributed by atoms with Gasteiger partial charge in [-0.15, -0.1) is 0 Å². The van der Waals surface area contributed by atoms with Gasteiger partial charge in [-0.2, -0.15) is 0 Å². The first-order valence-corrected chi connectivity index (χ1v) is 6.68. The summed E-state index contributed by atoms with van der Waals surface area (Å²) in [6, 6.07) is 0. The van der Waals surface area contributed by atoms with Gasteiger partial charge < -0.3 is 14.6 Å². The standard InChI is InChI=1S/C15H22O4/c1-10-8-14(3,5-6-16)15(9-11(10)2)12(18-4)7-13(17)19-15/h7-8,11,16H,5-6,9H2,1-4H3/t11-,14-,15-/m0/s1. The Morgan fingerprint density at radius 2 is 2.26 bits per heavy atom. The molecule has 1 aliphatic carbocycles. The van der Waals surface area contributed by atoms with Gasteiger partial charge in [-0.3, -0.25) is 0 Å². The largest absolute Gasteiger partial charge is 0.497 e. The average Bonchev–Trinajstić information content (AvgIpc) is 2.65. The molecule has 1 heterocycles. The van der Waals surface area contributed by atoms with E-state index in [0.717, 1.165) is 0 Å². The summed E-state index contributed by atoms with van der Waals surface area (Å²) in [6.45, 7) is 6.26. The van der Waals surface area contributed by atoms with Gasteiger partial charge in [0.1, 0.15) is 5.76 Å². The van der Waals surface area contributed by atoms with Gasteiger partial charge in [-0.05, 0) is 19.3 Å². The Hall–Kier alpha value is -1.29. The Kier molecular flexibility index (Phi) is 3.47. The van der Waals surface area contributed by atoms with Crippen LogP contribution in [0.4, 0.5) is 0 Å². The number of aliphatic hydroxyl groups is 1. The van der Waals surface area contributed by atoms with Crippen molar-refractivity contribution in [2.24, 2.45) is 11.3 Å². The zero-order valence-electron chi connectivity index (χ0n) is 12.0. The van der Waals surface area contributed by atoms with Gasteiger partial charge in [0.2, 0.25) is 0 Å². The lowest BCUT2D eigenvalue weighted by Gasteiger charge is -2.48. The molecule has 0 unspecified atom stereocenters. The van der Waals surface area contributed by atoms with Crippen molar-refractivity contribution in [3.05, 3.63) is 23.5 Å². The van der Waals surface area contributed by atoms with E-state index < -0.39 is 11.0 Å². The van der Waals surface area contributed by atoms with E-state index in [2.05, 4.69) is 19.9 Å². The molecule has 2 aliphatic rings. The SMILES string of the molecule is COC1=CC(=O)O[C@@]12C[C@H](C)C(C)=C[C@]2(C)CCO. The molecule has 4 nitrogen and oxygen atoms in total. The van der Waals surface area contributed by atoms with Gasteiger partial charge in [-0.1, -0.05) is 25.5 Å². The molecule has 0 saturated carbocycles. The van der Waals surface area contributed by atoms with Gasteiger partial charge in [0.25, 0.3) is 0 Å². The fourth-order valence-electron chi connectivity index (χ4n) is 3.33. The van der Waals surface area contributed by atoms with Crippen molar-refractivity contribution in [3.8, 4) is 0 Å². The predicted octanol–water partition coefficient (Wildman–Crippen LogP) is 2.19. The number of hydrogen-bond acceptors (Lipinski definition) is 4. The Morgan fingerprint density at radius 1 is 1.58 bits per heavy atom. The molecular formula is C15H22O4. The second-order valence-electron chi connectivity index (χ2n) is 5.85. The van der Waals surface area contributed by atoms with Crippen molar-refractivity contribution in [1.82, 2.24) is 0 Å². The molecule has 1 aliphatic heterocycles. The molecule has 0 amide bonds. The van der Waals surface area contributed by atoms with E-state index >= 15 is 0 Å². The van der Waals surface area contributed by atoms with E-state index in [1.807, 2.05) is 6.92 Å². The maximum atomic E-state index is 11.7. The summed E-state index contributed by atoms with van der Waals surface area (Å²) in [5.41, 5.74) is 0.0484. The Labute approximate surface area is 114 Å². The summed E-state index contributed by atoms with van der Waals surface area (Å²) < 4.78 is 11.1. The third-order valence-corrected chi connectivity index (χ3v) is 4.61. The molecular weight excluding hydrogens is 244 g/mol. The Balaban J connectivity index is 2.54. The Bertz CT molecular complexity index is 451.